The third-order valence-corrected chi connectivity index (χ3v) is 4.25. The topological polar surface area (TPSA) is 32.3 Å². The average Bonchev–Trinajstić information content (AvgIpc) is 2.39. The van der Waals surface area contributed by atoms with E-state index in [1.807, 2.05) is 40.9 Å². The monoisotopic (exact) mass is 314 g/mol. The van der Waals surface area contributed by atoms with Gasteiger partial charge in [-0.15, -0.1) is 24.2 Å². The lowest BCUT2D eigenvalue weighted by atomic mass is 10.1. The van der Waals surface area contributed by atoms with Crippen LogP contribution in [0.1, 0.15) is 31.1 Å². The van der Waals surface area contributed by atoms with E-state index < -0.39 is 0 Å². The molecule has 0 bridgehead atoms. The summed E-state index contributed by atoms with van der Waals surface area (Å²) in [6, 6.07) is 8.25. The number of carbonyl (C=O) groups excluding carboxylic acids is 1. The summed E-state index contributed by atoms with van der Waals surface area (Å²) < 4.78 is 0. The Morgan fingerprint density at radius 1 is 1.35 bits per heavy atom. The maximum atomic E-state index is 12.4. The van der Waals surface area contributed by atoms with E-state index in [-0.39, 0.29) is 24.4 Å². The summed E-state index contributed by atoms with van der Waals surface area (Å²) in [6.07, 6.45) is 0. The van der Waals surface area contributed by atoms with Crippen molar-refractivity contribution in [3.63, 3.8) is 0 Å². The second kappa shape index (κ2) is 7.91. The lowest BCUT2D eigenvalue weighted by Crippen LogP contribution is -2.52. The molecule has 1 N–H and O–H groups in total. The largest absolute Gasteiger partial charge is 0.333 e. The average molecular weight is 315 g/mol. The molecule has 0 saturated carbocycles. The Hall–Kier alpha value is -0.710. The van der Waals surface area contributed by atoms with Gasteiger partial charge in [0.2, 0.25) is 0 Å². The molecule has 1 aromatic carbocycles. The van der Waals surface area contributed by atoms with Gasteiger partial charge < -0.3 is 10.2 Å². The Morgan fingerprint density at radius 2 is 2.00 bits per heavy atom. The van der Waals surface area contributed by atoms with Gasteiger partial charge in [-0.1, -0.05) is 13.8 Å². The first-order valence-electron chi connectivity index (χ1n) is 6.86. The van der Waals surface area contributed by atoms with Crippen LogP contribution in [0.4, 0.5) is 0 Å². The molecule has 0 aliphatic carbocycles. The van der Waals surface area contributed by atoms with Crippen LogP contribution in [-0.4, -0.2) is 41.7 Å². The summed E-state index contributed by atoms with van der Waals surface area (Å²) in [5.74, 6) is 0.148. The van der Waals surface area contributed by atoms with Gasteiger partial charge in [-0.05, 0) is 31.2 Å². The van der Waals surface area contributed by atoms with Gasteiger partial charge in [0.25, 0.3) is 5.91 Å². The van der Waals surface area contributed by atoms with Crippen LogP contribution < -0.4 is 5.32 Å². The number of carbonyl (C=O) groups is 1. The maximum absolute atomic E-state index is 12.4. The number of nitrogens with zero attached hydrogens (tertiary/aromatic N) is 1. The third kappa shape index (κ3) is 4.40. The summed E-state index contributed by atoms with van der Waals surface area (Å²) >= 11 is 1.82. The van der Waals surface area contributed by atoms with Gasteiger partial charge in [-0.25, -0.2) is 0 Å². The molecule has 0 aromatic heterocycles. The molecular formula is C15H23ClN2OS. The van der Waals surface area contributed by atoms with Crippen molar-refractivity contribution in [2.24, 2.45) is 0 Å². The summed E-state index contributed by atoms with van der Waals surface area (Å²) in [5, 5.41) is 3.87. The maximum Gasteiger partial charge on any atom is 0.254 e. The fourth-order valence-corrected chi connectivity index (χ4v) is 3.09. The van der Waals surface area contributed by atoms with E-state index in [2.05, 4.69) is 26.1 Å². The Bertz CT molecular complexity index is 436. The molecule has 1 aliphatic rings. The lowest BCUT2D eigenvalue weighted by molar-refractivity contribution is 0.0655. The number of halogens is 1. The number of hydrogen-bond donors (Lipinski definition) is 1. The normalized spacial score (nSPS) is 18.8. The number of amides is 1. The standard InChI is InChI=1S/C15H22N2OS.ClH/c1-11(2)19-14-6-4-13(5-7-14)15(18)17-9-8-16-10-12(17)3;/h4-7,11-12,16H,8-10H2,1-3H3;1H/t12-;/m0./s1. The predicted molar refractivity (Wildman–Crippen MR) is 88.1 cm³/mol. The first kappa shape index (κ1) is 17.3. The van der Waals surface area contributed by atoms with Gasteiger partial charge in [-0.2, -0.15) is 0 Å². The van der Waals surface area contributed by atoms with Crippen molar-refractivity contribution in [3.8, 4) is 0 Å². The van der Waals surface area contributed by atoms with Crippen molar-refractivity contribution < 1.29 is 4.79 Å². The minimum absolute atomic E-state index is 0. The van der Waals surface area contributed by atoms with E-state index in [9.17, 15) is 4.79 Å². The third-order valence-electron chi connectivity index (χ3n) is 3.24. The van der Waals surface area contributed by atoms with Crippen LogP contribution in [0, 0.1) is 0 Å². The van der Waals surface area contributed by atoms with Crippen molar-refractivity contribution >= 4 is 30.1 Å². The van der Waals surface area contributed by atoms with Crippen LogP contribution in [0.15, 0.2) is 29.2 Å². The molecule has 5 heteroatoms. The van der Waals surface area contributed by atoms with Crippen molar-refractivity contribution in [2.75, 3.05) is 19.6 Å². The minimum Gasteiger partial charge on any atom is -0.333 e. The summed E-state index contributed by atoms with van der Waals surface area (Å²) in [5.41, 5.74) is 0.793. The highest BCUT2D eigenvalue weighted by Gasteiger charge is 2.23. The second-order valence-electron chi connectivity index (χ2n) is 5.24. The first-order valence-corrected chi connectivity index (χ1v) is 7.74. The van der Waals surface area contributed by atoms with E-state index in [0.717, 1.165) is 25.2 Å². The molecule has 3 nitrogen and oxygen atoms in total. The number of hydrogen-bond acceptors (Lipinski definition) is 3. The Kier molecular flexibility index (Phi) is 6.86. The van der Waals surface area contributed by atoms with E-state index in [1.165, 1.54) is 4.90 Å². The van der Waals surface area contributed by atoms with Crippen molar-refractivity contribution in [1.29, 1.82) is 0 Å². The van der Waals surface area contributed by atoms with Gasteiger partial charge in [0.05, 0.1) is 0 Å². The summed E-state index contributed by atoms with van der Waals surface area (Å²) in [4.78, 5) is 15.6. The predicted octanol–water partition coefficient (Wildman–Crippen LogP) is 3.04. The number of benzene rings is 1. The highest BCUT2D eigenvalue weighted by atomic mass is 35.5. The quantitative estimate of drug-likeness (QED) is 0.870. The Labute approximate surface area is 131 Å². The van der Waals surface area contributed by atoms with Gasteiger partial charge >= 0.3 is 0 Å². The molecule has 0 unspecified atom stereocenters. The molecule has 0 spiro atoms. The minimum atomic E-state index is 0. The Balaban J connectivity index is 0.00000200. The summed E-state index contributed by atoms with van der Waals surface area (Å²) in [7, 11) is 0. The van der Waals surface area contributed by atoms with Crippen LogP contribution >= 0.6 is 24.2 Å². The van der Waals surface area contributed by atoms with E-state index in [1.54, 1.807) is 0 Å². The van der Waals surface area contributed by atoms with E-state index >= 15 is 0 Å². The fraction of sp³-hybridized carbons (Fsp3) is 0.533. The zero-order chi connectivity index (χ0) is 13.8. The molecule has 1 aromatic rings. The van der Waals surface area contributed by atoms with Gasteiger partial charge in [0, 0.05) is 41.4 Å². The number of rotatable bonds is 3. The van der Waals surface area contributed by atoms with Crippen LogP contribution in [0.2, 0.25) is 0 Å². The van der Waals surface area contributed by atoms with Crippen LogP contribution in [0.5, 0.6) is 0 Å². The first-order chi connectivity index (χ1) is 9.08. The zero-order valence-corrected chi connectivity index (χ0v) is 13.9. The molecule has 1 aliphatic heterocycles. The Morgan fingerprint density at radius 3 is 2.55 bits per heavy atom. The van der Waals surface area contributed by atoms with Crippen molar-refractivity contribution in [1.82, 2.24) is 10.2 Å². The molecule has 20 heavy (non-hydrogen) atoms. The molecular weight excluding hydrogens is 292 g/mol. The molecule has 1 amide bonds. The molecule has 0 radical (unpaired) electrons. The van der Waals surface area contributed by atoms with E-state index in [0.29, 0.717) is 5.25 Å². The van der Waals surface area contributed by atoms with Crippen LogP contribution in [-0.2, 0) is 0 Å². The van der Waals surface area contributed by atoms with Gasteiger partial charge in [0.1, 0.15) is 0 Å². The fourth-order valence-electron chi connectivity index (χ4n) is 2.26. The smallest absolute Gasteiger partial charge is 0.254 e. The van der Waals surface area contributed by atoms with Gasteiger partial charge in [0.15, 0.2) is 0 Å². The van der Waals surface area contributed by atoms with Gasteiger partial charge in [-0.3, -0.25) is 4.79 Å². The molecule has 1 saturated heterocycles. The number of thioether (sulfide) groups is 1. The van der Waals surface area contributed by atoms with Crippen LogP contribution in [0.25, 0.3) is 0 Å². The lowest BCUT2D eigenvalue weighted by Gasteiger charge is -2.34. The zero-order valence-electron chi connectivity index (χ0n) is 12.3. The highest BCUT2D eigenvalue weighted by Crippen LogP contribution is 2.23. The van der Waals surface area contributed by atoms with E-state index in [4.69, 9.17) is 0 Å². The molecule has 1 fully saturated rings. The number of nitrogens with one attached hydrogen (secondary N) is 1. The summed E-state index contributed by atoms with van der Waals surface area (Å²) in [6.45, 7) is 9.00. The van der Waals surface area contributed by atoms with Crippen molar-refractivity contribution in [3.05, 3.63) is 29.8 Å². The second-order valence-corrected chi connectivity index (χ2v) is 6.89. The molecule has 1 atom stereocenters. The SMILES string of the molecule is CC(C)Sc1ccc(C(=O)N2CCNC[C@@H]2C)cc1.Cl. The molecule has 112 valence electrons. The van der Waals surface area contributed by atoms with Crippen molar-refractivity contribution in [2.45, 2.75) is 37.0 Å². The molecule has 2 rings (SSSR count). The molecule has 1 heterocycles. The number of piperazine rings is 1. The highest BCUT2D eigenvalue weighted by molar-refractivity contribution is 7.99. The van der Waals surface area contributed by atoms with Crippen LogP contribution in [0.3, 0.4) is 0 Å².